The first-order valence-corrected chi connectivity index (χ1v) is 6.10. The lowest BCUT2D eigenvalue weighted by Gasteiger charge is -1.97. The van der Waals surface area contributed by atoms with Gasteiger partial charge in [-0.05, 0) is 31.5 Å². The minimum Gasteiger partial charge on any atom is -0.323 e. The van der Waals surface area contributed by atoms with Crippen molar-refractivity contribution in [1.82, 2.24) is 9.38 Å². The second kappa shape index (κ2) is 4.29. The predicted octanol–water partition coefficient (Wildman–Crippen LogP) is 3.30. The Bertz CT molecular complexity index is 669. The van der Waals surface area contributed by atoms with Crippen molar-refractivity contribution in [3.63, 3.8) is 0 Å². The van der Waals surface area contributed by atoms with Crippen molar-refractivity contribution in [2.24, 2.45) is 5.73 Å². The largest absolute Gasteiger partial charge is 0.323 e. The Morgan fingerprint density at radius 2 is 2.18 bits per heavy atom. The van der Waals surface area contributed by atoms with Gasteiger partial charge in [-0.3, -0.25) is 4.40 Å². The third-order valence-electron chi connectivity index (χ3n) is 2.73. The predicted molar refractivity (Wildman–Crippen MR) is 75.2 cm³/mol. The molecule has 1 unspecified atom stereocenters. The molecule has 0 bridgehead atoms. The van der Waals surface area contributed by atoms with Crippen molar-refractivity contribution in [3.05, 3.63) is 35.7 Å². The summed E-state index contributed by atoms with van der Waals surface area (Å²) in [6.07, 6.45) is 2.04. The Morgan fingerprint density at radius 1 is 1.41 bits per heavy atom. The van der Waals surface area contributed by atoms with E-state index in [0.717, 1.165) is 10.7 Å². The van der Waals surface area contributed by atoms with Crippen LogP contribution in [0.25, 0.3) is 15.2 Å². The quantitative estimate of drug-likeness (QED) is 0.735. The van der Waals surface area contributed by atoms with E-state index in [-0.39, 0.29) is 18.4 Å². The fourth-order valence-corrected chi connectivity index (χ4v) is 2.96. The van der Waals surface area contributed by atoms with Crippen molar-refractivity contribution in [2.75, 3.05) is 0 Å². The summed E-state index contributed by atoms with van der Waals surface area (Å²) in [4.78, 5) is 5.56. The molecule has 17 heavy (non-hydrogen) atoms. The molecule has 0 saturated heterocycles. The number of imidazole rings is 1. The van der Waals surface area contributed by atoms with Gasteiger partial charge >= 0.3 is 0 Å². The van der Waals surface area contributed by atoms with Crippen LogP contribution in [0.2, 0.25) is 0 Å². The van der Waals surface area contributed by atoms with E-state index in [0.29, 0.717) is 0 Å². The Labute approximate surface area is 110 Å². The number of halogens is 1. The van der Waals surface area contributed by atoms with Crippen LogP contribution in [0.15, 0.2) is 24.4 Å². The lowest BCUT2D eigenvalue weighted by molar-refractivity contribution is 0.790. The first-order valence-electron chi connectivity index (χ1n) is 5.29. The Hall–Kier alpha value is -1.10. The molecule has 0 spiro atoms. The monoisotopic (exact) mass is 267 g/mol. The molecule has 0 fully saturated rings. The van der Waals surface area contributed by atoms with Crippen LogP contribution in [0.1, 0.15) is 24.2 Å². The summed E-state index contributed by atoms with van der Waals surface area (Å²) >= 11 is 1.71. The van der Waals surface area contributed by atoms with Gasteiger partial charge in [-0.2, -0.15) is 0 Å². The summed E-state index contributed by atoms with van der Waals surface area (Å²) in [6, 6.07) is 6.45. The molecule has 1 aromatic carbocycles. The third kappa shape index (κ3) is 1.92. The highest BCUT2D eigenvalue weighted by atomic mass is 35.5. The van der Waals surface area contributed by atoms with E-state index in [1.165, 1.54) is 15.8 Å². The van der Waals surface area contributed by atoms with E-state index in [4.69, 9.17) is 5.73 Å². The van der Waals surface area contributed by atoms with Crippen LogP contribution in [0.3, 0.4) is 0 Å². The van der Waals surface area contributed by atoms with Crippen LogP contribution in [0.4, 0.5) is 0 Å². The molecule has 0 amide bonds. The summed E-state index contributed by atoms with van der Waals surface area (Å²) in [6.45, 7) is 4.06. The van der Waals surface area contributed by atoms with Crippen LogP contribution in [-0.2, 0) is 0 Å². The number of nitrogens with zero attached hydrogens (tertiary/aromatic N) is 2. The second-order valence-electron chi connectivity index (χ2n) is 4.18. The number of hydrogen-bond donors (Lipinski definition) is 1. The third-order valence-corrected chi connectivity index (χ3v) is 3.75. The Kier molecular flexibility index (Phi) is 3.12. The molecule has 3 nitrogen and oxygen atoms in total. The maximum absolute atomic E-state index is 5.83. The van der Waals surface area contributed by atoms with Crippen LogP contribution in [-0.4, -0.2) is 9.38 Å². The van der Waals surface area contributed by atoms with Crippen LogP contribution in [0.5, 0.6) is 0 Å². The number of nitrogens with two attached hydrogens (primary N) is 1. The minimum absolute atomic E-state index is 0. The van der Waals surface area contributed by atoms with Crippen molar-refractivity contribution in [3.8, 4) is 0 Å². The fourth-order valence-electron chi connectivity index (χ4n) is 1.85. The van der Waals surface area contributed by atoms with Crippen molar-refractivity contribution in [2.45, 2.75) is 19.9 Å². The molecule has 3 rings (SSSR count). The van der Waals surface area contributed by atoms with Gasteiger partial charge in [0.1, 0.15) is 0 Å². The van der Waals surface area contributed by atoms with Crippen LogP contribution < -0.4 is 5.73 Å². The molecule has 3 aromatic rings. The Balaban J connectivity index is 0.00000108. The summed E-state index contributed by atoms with van der Waals surface area (Å²) in [5.41, 5.74) is 9.28. The van der Waals surface area contributed by atoms with Crippen molar-refractivity contribution in [1.29, 1.82) is 0 Å². The molecular weight excluding hydrogens is 254 g/mol. The normalized spacial score (nSPS) is 12.9. The van der Waals surface area contributed by atoms with Gasteiger partial charge in [0.25, 0.3) is 0 Å². The molecule has 0 radical (unpaired) electrons. The van der Waals surface area contributed by atoms with E-state index in [1.807, 2.05) is 13.1 Å². The standard InChI is InChI=1S/C12H13N3S.ClH/c1-7-3-4-10-11(5-7)16-12-14-9(8(2)13)6-15(10)12;/h3-6,8H,13H2,1-2H3;1H. The van der Waals surface area contributed by atoms with Gasteiger partial charge in [0.05, 0.1) is 15.9 Å². The Morgan fingerprint density at radius 3 is 2.88 bits per heavy atom. The summed E-state index contributed by atoms with van der Waals surface area (Å²) in [5, 5.41) is 0. The first-order chi connectivity index (χ1) is 7.65. The summed E-state index contributed by atoms with van der Waals surface area (Å²) in [7, 11) is 0. The van der Waals surface area contributed by atoms with Crippen molar-refractivity contribution >= 4 is 38.9 Å². The molecule has 0 aliphatic carbocycles. The number of hydrogen-bond acceptors (Lipinski definition) is 3. The summed E-state index contributed by atoms with van der Waals surface area (Å²) in [5.74, 6) is 0. The van der Waals surface area contributed by atoms with Gasteiger partial charge < -0.3 is 5.73 Å². The molecule has 2 N–H and O–H groups in total. The van der Waals surface area contributed by atoms with Gasteiger partial charge in [-0.15, -0.1) is 12.4 Å². The highest BCUT2D eigenvalue weighted by Crippen LogP contribution is 2.27. The van der Waals surface area contributed by atoms with Gasteiger partial charge in [0, 0.05) is 12.2 Å². The molecule has 0 aliphatic heterocycles. The van der Waals surface area contributed by atoms with Gasteiger partial charge in [-0.25, -0.2) is 4.98 Å². The zero-order chi connectivity index (χ0) is 11.3. The number of fused-ring (bicyclic) bond motifs is 3. The zero-order valence-corrected chi connectivity index (χ0v) is 11.3. The van der Waals surface area contributed by atoms with E-state index in [1.54, 1.807) is 11.3 Å². The lowest BCUT2D eigenvalue weighted by Crippen LogP contribution is -2.04. The smallest absolute Gasteiger partial charge is 0.195 e. The maximum atomic E-state index is 5.83. The molecular formula is C12H14ClN3S. The van der Waals surface area contributed by atoms with Crippen LogP contribution >= 0.6 is 23.7 Å². The number of rotatable bonds is 1. The first kappa shape index (κ1) is 12.4. The van der Waals surface area contributed by atoms with Crippen molar-refractivity contribution < 1.29 is 0 Å². The topological polar surface area (TPSA) is 43.3 Å². The maximum Gasteiger partial charge on any atom is 0.195 e. The number of benzene rings is 1. The zero-order valence-electron chi connectivity index (χ0n) is 9.68. The molecule has 90 valence electrons. The molecule has 2 heterocycles. The van der Waals surface area contributed by atoms with E-state index in [9.17, 15) is 0 Å². The average molecular weight is 268 g/mol. The summed E-state index contributed by atoms with van der Waals surface area (Å²) < 4.78 is 3.40. The number of aryl methyl sites for hydroxylation is 1. The van der Waals surface area contributed by atoms with Gasteiger partial charge in [0.15, 0.2) is 4.96 Å². The molecule has 5 heteroatoms. The van der Waals surface area contributed by atoms with E-state index < -0.39 is 0 Å². The number of thiazole rings is 1. The number of aromatic nitrogens is 2. The molecule has 2 aromatic heterocycles. The average Bonchev–Trinajstić information content (AvgIpc) is 2.73. The van der Waals surface area contributed by atoms with Gasteiger partial charge in [-0.1, -0.05) is 17.4 Å². The highest BCUT2D eigenvalue weighted by Gasteiger charge is 2.10. The SMILES string of the molecule is Cc1ccc2c(c1)sc1nc(C(C)N)cn12.Cl. The van der Waals surface area contributed by atoms with Crippen LogP contribution in [0, 0.1) is 6.92 Å². The molecule has 1 atom stereocenters. The molecule has 0 aliphatic rings. The molecule has 0 saturated carbocycles. The highest BCUT2D eigenvalue weighted by molar-refractivity contribution is 7.23. The fraction of sp³-hybridized carbons (Fsp3) is 0.250. The second-order valence-corrected chi connectivity index (χ2v) is 5.19. The van der Waals surface area contributed by atoms with Gasteiger partial charge in [0.2, 0.25) is 0 Å². The van der Waals surface area contributed by atoms with E-state index >= 15 is 0 Å². The minimum atomic E-state index is -0.00685. The lowest BCUT2D eigenvalue weighted by atomic mass is 10.2. The van der Waals surface area contributed by atoms with E-state index in [2.05, 4.69) is 34.5 Å².